The first-order valence-corrected chi connectivity index (χ1v) is 9.76. The molecule has 1 N–H and O–H groups in total. The number of aromatic amines is 1. The Bertz CT molecular complexity index is 974. The van der Waals surface area contributed by atoms with Gasteiger partial charge in [-0.3, -0.25) is 14.7 Å². The SMILES string of the molecule is Cc1cn2nc(N3CCC(N(C)Cc4cc(=O)[nH]c(N(C)C)n4)C3)sc2n1. The van der Waals surface area contributed by atoms with Crippen LogP contribution in [0.4, 0.5) is 11.1 Å². The molecular weight excluding hydrogens is 364 g/mol. The van der Waals surface area contributed by atoms with E-state index in [-0.39, 0.29) is 5.56 Å². The predicted molar refractivity (Wildman–Crippen MR) is 107 cm³/mol. The molecule has 0 saturated carbocycles. The molecule has 4 rings (SSSR count). The van der Waals surface area contributed by atoms with Crippen LogP contribution in [0.3, 0.4) is 0 Å². The Morgan fingerprint density at radius 3 is 2.89 bits per heavy atom. The van der Waals surface area contributed by atoms with Crippen molar-refractivity contribution in [3.63, 3.8) is 0 Å². The van der Waals surface area contributed by atoms with E-state index < -0.39 is 0 Å². The molecule has 0 amide bonds. The van der Waals surface area contributed by atoms with Crippen molar-refractivity contribution >= 4 is 27.4 Å². The average molecular weight is 389 g/mol. The highest BCUT2D eigenvalue weighted by Gasteiger charge is 2.28. The number of hydrogen-bond donors (Lipinski definition) is 1. The summed E-state index contributed by atoms with van der Waals surface area (Å²) in [5.41, 5.74) is 1.65. The predicted octanol–water partition coefficient (Wildman–Crippen LogP) is 0.959. The number of anilines is 2. The molecule has 4 heterocycles. The van der Waals surface area contributed by atoms with Crippen LogP contribution in [-0.4, -0.2) is 69.7 Å². The van der Waals surface area contributed by atoms with Gasteiger partial charge in [0.1, 0.15) is 0 Å². The quantitative estimate of drug-likeness (QED) is 0.697. The van der Waals surface area contributed by atoms with E-state index in [1.807, 2.05) is 36.6 Å². The van der Waals surface area contributed by atoms with Gasteiger partial charge in [-0.1, -0.05) is 11.3 Å². The van der Waals surface area contributed by atoms with Gasteiger partial charge >= 0.3 is 0 Å². The molecule has 1 aliphatic rings. The lowest BCUT2D eigenvalue weighted by molar-refractivity contribution is 0.247. The average Bonchev–Trinajstić information content (AvgIpc) is 3.27. The maximum atomic E-state index is 11.9. The summed E-state index contributed by atoms with van der Waals surface area (Å²) in [6.45, 7) is 4.50. The molecule has 0 aromatic carbocycles. The highest BCUT2D eigenvalue weighted by molar-refractivity contribution is 7.20. The molecule has 27 heavy (non-hydrogen) atoms. The molecule has 3 aromatic rings. The molecule has 1 atom stereocenters. The number of H-pyrrole nitrogens is 1. The van der Waals surface area contributed by atoms with Gasteiger partial charge in [-0.2, -0.15) is 0 Å². The zero-order valence-electron chi connectivity index (χ0n) is 16.0. The third kappa shape index (κ3) is 3.67. The normalized spacial score (nSPS) is 17.4. The fourth-order valence-electron chi connectivity index (χ4n) is 3.37. The Balaban J connectivity index is 1.43. The molecule has 10 heteroatoms. The third-order valence-electron chi connectivity index (χ3n) is 4.83. The number of hydrogen-bond acceptors (Lipinski definition) is 8. The van der Waals surface area contributed by atoms with Crippen molar-refractivity contribution in [3.8, 4) is 0 Å². The maximum absolute atomic E-state index is 11.9. The minimum atomic E-state index is -0.119. The van der Waals surface area contributed by atoms with Gasteiger partial charge in [0.25, 0.3) is 5.56 Å². The van der Waals surface area contributed by atoms with E-state index >= 15 is 0 Å². The molecule has 9 nitrogen and oxygen atoms in total. The molecule has 0 radical (unpaired) electrons. The van der Waals surface area contributed by atoms with Crippen LogP contribution < -0.4 is 15.4 Å². The number of aromatic nitrogens is 5. The number of fused-ring (bicyclic) bond motifs is 1. The van der Waals surface area contributed by atoms with Crippen molar-refractivity contribution in [1.29, 1.82) is 0 Å². The van der Waals surface area contributed by atoms with Crippen LogP contribution >= 0.6 is 11.3 Å². The topological polar surface area (TPSA) is 85.7 Å². The summed E-state index contributed by atoms with van der Waals surface area (Å²) < 4.78 is 1.86. The second-order valence-electron chi connectivity index (χ2n) is 7.25. The first-order valence-electron chi connectivity index (χ1n) is 8.94. The van der Waals surface area contributed by atoms with Crippen LogP contribution in [0, 0.1) is 6.92 Å². The van der Waals surface area contributed by atoms with Crippen LogP contribution in [0.2, 0.25) is 0 Å². The van der Waals surface area contributed by atoms with Gasteiger partial charge in [0.2, 0.25) is 16.0 Å². The monoisotopic (exact) mass is 388 g/mol. The van der Waals surface area contributed by atoms with Gasteiger partial charge in [0.15, 0.2) is 0 Å². The zero-order chi connectivity index (χ0) is 19.1. The van der Waals surface area contributed by atoms with Crippen molar-refractivity contribution in [1.82, 2.24) is 29.5 Å². The number of nitrogens with one attached hydrogen (secondary N) is 1. The fourth-order valence-corrected chi connectivity index (χ4v) is 4.34. The zero-order valence-corrected chi connectivity index (χ0v) is 16.8. The number of aryl methyl sites for hydroxylation is 1. The Hall–Kier alpha value is -2.46. The lowest BCUT2D eigenvalue weighted by atomic mass is 10.2. The summed E-state index contributed by atoms with van der Waals surface area (Å²) >= 11 is 1.63. The van der Waals surface area contributed by atoms with Gasteiger partial charge in [0.05, 0.1) is 17.6 Å². The van der Waals surface area contributed by atoms with Crippen molar-refractivity contribution in [2.24, 2.45) is 0 Å². The fraction of sp³-hybridized carbons (Fsp3) is 0.529. The Labute approximate surface area is 161 Å². The van der Waals surface area contributed by atoms with Gasteiger partial charge < -0.3 is 9.80 Å². The highest BCUT2D eigenvalue weighted by atomic mass is 32.1. The number of rotatable bonds is 5. The van der Waals surface area contributed by atoms with Crippen molar-refractivity contribution in [2.75, 3.05) is 44.0 Å². The van der Waals surface area contributed by atoms with Crippen molar-refractivity contribution < 1.29 is 0 Å². The van der Waals surface area contributed by atoms with Crippen molar-refractivity contribution in [2.45, 2.75) is 25.9 Å². The molecule has 0 bridgehead atoms. The Morgan fingerprint density at radius 1 is 1.33 bits per heavy atom. The largest absolute Gasteiger partial charge is 0.348 e. The molecule has 1 aliphatic heterocycles. The molecule has 1 unspecified atom stereocenters. The first kappa shape index (κ1) is 17.9. The van der Waals surface area contributed by atoms with E-state index in [2.05, 4.69) is 36.9 Å². The van der Waals surface area contributed by atoms with E-state index in [4.69, 9.17) is 0 Å². The van der Waals surface area contributed by atoms with Gasteiger partial charge in [-0.15, -0.1) is 5.10 Å². The number of nitrogens with zero attached hydrogens (tertiary/aromatic N) is 7. The molecule has 144 valence electrons. The molecule has 3 aromatic heterocycles. The van der Waals surface area contributed by atoms with Crippen LogP contribution in [0.25, 0.3) is 4.96 Å². The minimum absolute atomic E-state index is 0.119. The number of imidazole rings is 1. The van der Waals surface area contributed by atoms with E-state index in [9.17, 15) is 4.79 Å². The second-order valence-corrected chi connectivity index (χ2v) is 8.19. The lowest BCUT2D eigenvalue weighted by Crippen LogP contribution is -2.35. The highest BCUT2D eigenvalue weighted by Crippen LogP contribution is 2.27. The van der Waals surface area contributed by atoms with E-state index in [1.165, 1.54) is 0 Å². The van der Waals surface area contributed by atoms with Crippen LogP contribution in [0.15, 0.2) is 17.1 Å². The summed E-state index contributed by atoms with van der Waals surface area (Å²) in [5.74, 6) is 0.584. The van der Waals surface area contributed by atoms with Crippen LogP contribution in [-0.2, 0) is 6.54 Å². The Kier molecular flexibility index (Phi) is 4.60. The summed E-state index contributed by atoms with van der Waals surface area (Å²) in [6, 6.07) is 1.97. The molecule has 0 spiro atoms. The maximum Gasteiger partial charge on any atom is 0.252 e. The van der Waals surface area contributed by atoms with E-state index in [0.29, 0.717) is 18.5 Å². The number of likely N-dealkylation sites (N-methyl/N-ethyl adjacent to an activating group) is 1. The summed E-state index contributed by atoms with van der Waals surface area (Å²) in [7, 11) is 5.82. The molecule has 1 saturated heterocycles. The van der Waals surface area contributed by atoms with Gasteiger partial charge in [0, 0.05) is 45.8 Å². The van der Waals surface area contributed by atoms with Gasteiger partial charge in [-0.25, -0.2) is 14.5 Å². The summed E-state index contributed by atoms with van der Waals surface area (Å²) in [5, 5.41) is 5.66. The smallest absolute Gasteiger partial charge is 0.252 e. The standard InChI is InChI=1S/C17H24N8OS/c1-11-8-25-16(18-11)27-17(21-25)24-6-5-13(10-24)23(4)9-12-7-14(26)20-15(19-12)22(2)3/h7-8,13H,5-6,9-10H2,1-4H3,(H,19,20,26). The molecule has 1 fully saturated rings. The van der Waals surface area contributed by atoms with E-state index in [0.717, 1.165) is 41.0 Å². The van der Waals surface area contributed by atoms with Gasteiger partial charge in [-0.05, 0) is 20.4 Å². The first-order chi connectivity index (χ1) is 12.9. The van der Waals surface area contributed by atoms with Crippen LogP contribution in [0.1, 0.15) is 17.8 Å². The minimum Gasteiger partial charge on any atom is -0.348 e. The van der Waals surface area contributed by atoms with Crippen molar-refractivity contribution in [3.05, 3.63) is 34.0 Å². The van der Waals surface area contributed by atoms with Crippen LogP contribution in [0.5, 0.6) is 0 Å². The lowest BCUT2D eigenvalue weighted by Gasteiger charge is -2.24. The molecule has 0 aliphatic carbocycles. The summed E-state index contributed by atoms with van der Waals surface area (Å²) in [4.78, 5) is 31.0. The molecular formula is C17H24N8OS. The summed E-state index contributed by atoms with van der Waals surface area (Å²) in [6.07, 6.45) is 3.01. The Morgan fingerprint density at radius 2 is 2.15 bits per heavy atom. The third-order valence-corrected chi connectivity index (χ3v) is 5.81. The van der Waals surface area contributed by atoms with E-state index in [1.54, 1.807) is 17.4 Å². The second kappa shape index (κ2) is 6.93.